The Balaban J connectivity index is 1.97. The summed E-state index contributed by atoms with van der Waals surface area (Å²) in [6, 6.07) is 0.940. The van der Waals surface area contributed by atoms with E-state index in [0.29, 0.717) is 29.9 Å². The summed E-state index contributed by atoms with van der Waals surface area (Å²) in [6.45, 7) is 18.0. The molecule has 2 aromatic heterocycles. The third kappa shape index (κ3) is 7.31. The van der Waals surface area contributed by atoms with Crippen molar-refractivity contribution in [2.45, 2.75) is 110 Å². The summed E-state index contributed by atoms with van der Waals surface area (Å²) in [5, 5.41) is 18.2. The van der Waals surface area contributed by atoms with E-state index < -0.39 is 31.0 Å². The van der Waals surface area contributed by atoms with Gasteiger partial charge in [-0.05, 0) is 71.2 Å². The highest BCUT2D eigenvalue weighted by atomic mass is 28.4. The molecule has 1 saturated carbocycles. The number of nitrogens with one attached hydrogen (secondary N) is 2. The predicted molar refractivity (Wildman–Crippen MR) is 148 cm³/mol. The van der Waals surface area contributed by atoms with Gasteiger partial charge in [0.25, 0.3) is 0 Å². The molecule has 3 atom stereocenters. The molecule has 0 aromatic carbocycles. The molecule has 1 amide bonds. The van der Waals surface area contributed by atoms with Crippen LogP contribution in [0.3, 0.4) is 0 Å². The second-order valence-corrected chi connectivity index (χ2v) is 17.2. The Labute approximate surface area is 225 Å². The van der Waals surface area contributed by atoms with Gasteiger partial charge in [0.15, 0.2) is 8.32 Å². The number of rotatable bonds is 7. The molecule has 0 saturated heterocycles. The molecule has 1 aliphatic carbocycles. The van der Waals surface area contributed by atoms with Gasteiger partial charge in [-0.15, -0.1) is 0 Å². The number of hydrogen-bond donors (Lipinski definition) is 2. The fourth-order valence-corrected chi connectivity index (χ4v) is 5.48. The molecular formula is C26H41N5O6Si. The van der Waals surface area contributed by atoms with Gasteiger partial charge in [-0.3, -0.25) is 10.1 Å². The molecule has 11 nitrogen and oxygen atoms in total. The van der Waals surface area contributed by atoms with Crippen molar-refractivity contribution in [1.29, 1.82) is 0 Å². The maximum Gasteiger partial charge on any atom is 0.407 e. The van der Waals surface area contributed by atoms with Crippen LogP contribution in [0.4, 0.5) is 16.2 Å². The third-order valence-corrected chi connectivity index (χ3v) is 11.5. The molecule has 2 N–H and O–H groups in total. The van der Waals surface area contributed by atoms with E-state index in [1.54, 1.807) is 13.0 Å². The van der Waals surface area contributed by atoms with E-state index >= 15 is 0 Å². The van der Waals surface area contributed by atoms with Gasteiger partial charge in [-0.2, -0.15) is 0 Å². The molecule has 3 rings (SSSR count). The first-order valence-corrected chi connectivity index (χ1v) is 15.9. The number of carbonyl (C=O) groups is 1. The summed E-state index contributed by atoms with van der Waals surface area (Å²) < 4.78 is 17.9. The average Bonchev–Trinajstić information content (AvgIpc) is 3.20. The Morgan fingerprint density at radius 2 is 1.84 bits per heavy atom. The van der Waals surface area contributed by atoms with Crippen molar-refractivity contribution in [3.63, 3.8) is 0 Å². The molecule has 1 aliphatic rings. The summed E-state index contributed by atoms with van der Waals surface area (Å²) >= 11 is 0. The number of alkyl carbamates (subject to hydrolysis) is 1. The van der Waals surface area contributed by atoms with E-state index in [0.717, 1.165) is 6.42 Å². The minimum Gasteiger partial charge on any atom is -0.444 e. The summed E-state index contributed by atoms with van der Waals surface area (Å²) in [4.78, 5) is 32.7. The van der Waals surface area contributed by atoms with E-state index in [4.69, 9.17) is 13.6 Å². The lowest BCUT2D eigenvalue weighted by atomic mass is 9.88. The lowest BCUT2D eigenvalue weighted by Gasteiger charge is -2.46. The summed E-state index contributed by atoms with van der Waals surface area (Å²) in [5.41, 5.74) is 0.555. The zero-order valence-electron chi connectivity index (χ0n) is 23.9. The molecule has 0 aliphatic heterocycles. The monoisotopic (exact) mass is 547 g/mol. The molecular weight excluding hydrogens is 506 g/mol. The largest absolute Gasteiger partial charge is 0.444 e. The average molecular weight is 548 g/mol. The molecule has 12 heteroatoms. The Morgan fingerprint density at radius 3 is 2.39 bits per heavy atom. The number of pyridine rings is 1. The van der Waals surface area contributed by atoms with Gasteiger partial charge in [0.2, 0.25) is 5.89 Å². The van der Waals surface area contributed by atoms with Crippen LogP contribution in [0.1, 0.15) is 66.5 Å². The second kappa shape index (κ2) is 11.0. The van der Waals surface area contributed by atoms with Crippen LogP contribution < -0.4 is 10.6 Å². The number of aryl methyl sites for hydroxylation is 1. The van der Waals surface area contributed by atoms with Crippen LogP contribution in [0.5, 0.6) is 0 Å². The van der Waals surface area contributed by atoms with E-state index in [1.807, 2.05) is 20.8 Å². The number of hydrogen-bond acceptors (Lipinski definition) is 9. The smallest absolute Gasteiger partial charge is 0.407 e. The van der Waals surface area contributed by atoms with Crippen LogP contribution in [-0.2, 0) is 9.16 Å². The van der Waals surface area contributed by atoms with Crippen molar-refractivity contribution >= 4 is 25.8 Å². The van der Waals surface area contributed by atoms with E-state index in [1.165, 1.54) is 12.5 Å². The highest BCUT2D eigenvalue weighted by molar-refractivity contribution is 6.74. The van der Waals surface area contributed by atoms with E-state index in [2.05, 4.69) is 54.5 Å². The molecule has 0 bridgehead atoms. The molecule has 0 spiro atoms. The fraction of sp³-hybridized carbons (Fsp3) is 0.654. The number of anilines is 1. The first kappa shape index (κ1) is 29.6. The van der Waals surface area contributed by atoms with Crippen molar-refractivity contribution < 1.29 is 23.3 Å². The molecule has 0 radical (unpaired) electrons. The third-order valence-electron chi connectivity index (χ3n) is 7.02. The molecule has 1 fully saturated rings. The lowest BCUT2D eigenvalue weighted by molar-refractivity contribution is -0.384. The number of oxazole rings is 1. The summed E-state index contributed by atoms with van der Waals surface area (Å²) in [6.07, 6.45) is 3.97. The minimum absolute atomic E-state index is 0.0793. The highest BCUT2D eigenvalue weighted by Crippen LogP contribution is 2.40. The zero-order valence-corrected chi connectivity index (χ0v) is 24.9. The van der Waals surface area contributed by atoms with E-state index in [-0.39, 0.29) is 28.7 Å². The Bertz CT molecular complexity index is 1150. The quantitative estimate of drug-likeness (QED) is 0.235. The number of aromatic nitrogens is 2. The van der Waals surface area contributed by atoms with E-state index in [9.17, 15) is 14.9 Å². The Kier molecular flexibility index (Phi) is 8.57. The lowest BCUT2D eigenvalue weighted by Crippen LogP contribution is -2.59. The van der Waals surface area contributed by atoms with Crippen LogP contribution >= 0.6 is 0 Å². The zero-order chi connectivity index (χ0) is 28.5. The van der Waals surface area contributed by atoms with Crippen molar-refractivity contribution in [3.05, 3.63) is 34.3 Å². The number of amides is 1. The molecule has 210 valence electrons. The number of nitrogens with zero attached hydrogens (tertiary/aromatic N) is 3. The SMILES string of the molecule is Cc1coc(-c2cc(N[C@@H]3CCC[C@H](NC(=O)OC(C)(C)C)[C@H]3O[Si](C)(C)C(C)(C)C)c([N+](=O)[O-])cn2)n1. The van der Waals surface area contributed by atoms with Crippen LogP contribution in [0.25, 0.3) is 11.6 Å². The van der Waals surface area contributed by atoms with Gasteiger partial charge in [-0.1, -0.05) is 20.8 Å². The van der Waals surface area contributed by atoms with Crippen LogP contribution in [0, 0.1) is 17.0 Å². The number of carbonyl (C=O) groups excluding carboxylic acids is 1. The van der Waals surface area contributed by atoms with Gasteiger partial charge in [0.1, 0.15) is 29.4 Å². The second-order valence-electron chi connectivity index (χ2n) is 12.4. The van der Waals surface area contributed by atoms with Gasteiger partial charge in [0.05, 0.1) is 28.8 Å². The molecule has 2 aromatic rings. The Hall–Kier alpha value is -2.99. The Morgan fingerprint density at radius 1 is 1.18 bits per heavy atom. The van der Waals surface area contributed by atoms with Crippen molar-refractivity contribution in [2.24, 2.45) is 0 Å². The number of nitro groups is 1. The highest BCUT2D eigenvalue weighted by Gasteiger charge is 2.45. The van der Waals surface area contributed by atoms with Gasteiger partial charge >= 0.3 is 11.8 Å². The minimum atomic E-state index is -2.29. The first-order valence-electron chi connectivity index (χ1n) is 13.0. The fourth-order valence-electron chi connectivity index (χ4n) is 4.11. The van der Waals surface area contributed by atoms with Crippen molar-refractivity contribution in [3.8, 4) is 11.6 Å². The van der Waals surface area contributed by atoms with Gasteiger partial charge in [0, 0.05) is 0 Å². The van der Waals surface area contributed by atoms with Gasteiger partial charge < -0.3 is 24.2 Å². The van der Waals surface area contributed by atoms with Crippen molar-refractivity contribution in [2.75, 3.05) is 5.32 Å². The standard InChI is InChI=1S/C26H41N5O6Si/c1-16-15-35-23(28-16)20-13-19(21(14-27-20)31(33)34)29-17-11-10-12-18(30-24(32)36-25(2,3)4)22(17)37-38(8,9)26(5,6)7/h13-15,17-18,22H,10-12H2,1-9H3,(H,27,29)(H,30,32)/t17-,18+,22+/m1/s1. The number of ether oxygens (including phenoxy) is 1. The molecule has 2 heterocycles. The predicted octanol–water partition coefficient (Wildman–Crippen LogP) is 6.20. The normalized spacial score (nSPS) is 20.6. The van der Waals surface area contributed by atoms with Crippen LogP contribution in [0.2, 0.25) is 18.1 Å². The topological polar surface area (TPSA) is 142 Å². The summed E-state index contributed by atoms with van der Waals surface area (Å²) in [5.74, 6) is 0.280. The maximum absolute atomic E-state index is 12.7. The summed E-state index contributed by atoms with van der Waals surface area (Å²) in [7, 11) is -2.29. The van der Waals surface area contributed by atoms with Crippen LogP contribution in [0.15, 0.2) is 22.9 Å². The maximum atomic E-state index is 12.7. The van der Waals surface area contributed by atoms with Crippen LogP contribution in [-0.4, -0.2) is 53.1 Å². The van der Waals surface area contributed by atoms with Gasteiger partial charge in [-0.25, -0.2) is 14.8 Å². The first-order chi connectivity index (χ1) is 17.5. The molecule has 38 heavy (non-hydrogen) atoms. The molecule has 0 unspecified atom stereocenters. The van der Waals surface area contributed by atoms with Crippen molar-refractivity contribution in [1.82, 2.24) is 15.3 Å².